The molecule has 0 unspecified atom stereocenters. The molecule has 1 amide bonds. The van der Waals surface area contributed by atoms with E-state index in [1.807, 2.05) is 29.2 Å². The first-order chi connectivity index (χ1) is 9.72. The predicted molar refractivity (Wildman–Crippen MR) is 79.7 cm³/mol. The maximum Gasteiger partial charge on any atom is 0.289 e. The highest BCUT2D eigenvalue weighted by Gasteiger charge is 2.39. The summed E-state index contributed by atoms with van der Waals surface area (Å²) in [5.74, 6) is 1.67. The smallest absolute Gasteiger partial charge is 0.289 e. The number of nitrogens with zero attached hydrogens (tertiary/aromatic N) is 1. The van der Waals surface area contributed by atoms with Crippen LogP contribution in [-0.2, 0) is 0 Å². The molecule has 5 heteroatoms. The molecule has 4 nitrogen and oxygen atoms in total. The number of fused-ring (bicyclic) bond motifs is 2. The number of carbonyl (C=O) groups excluding carboxylic acids is 1. The van der Waals surface area contributed by atoms with Gasteiger partial charge >= 0.3 is 0 Å². The van der Waals surface area contributed by atoms with Gasteiger partial charge in [0.15, 0.2) is 5.76 Å². The van der Waals surface area contributed by atoms with Crippen molar-refractivity contribution < 1.29 is 9.21 Å². The lowest BCUT2D eigenvalue weighted by Crippen LogP contribution is -2.31. The molecule has 1 aromatic heterocycles. The second-order valence-corrected chi connectivity index (χ2v) is 6.51. The van der Waals surface area contributed by atoms with Crippen LogP contribution in [0, 0.1) is 11.8 Å². The molecule has 3 heterocycles. The minimum atomic E-state index is 0.0162. The Morgan fingerprint density at radius 1 is 1.30 bits per heavy atom. The number of halogens is 1. The number of para-hydroxylation sites is 1. The number of benzene rings is 1. The Morgan fingerprint density at radius 3 is 2.75 bits per heavy atom. The zero-order valence-electron chi connectivity index (χ0n) is 10.9. The monoisotopic (exact) mass is 334 g/mol. The van der Waals surface area contributed by atoms with Gasteiger partial charge in [0.1, 0.15) is 5.58 Å². The highest BCUT2D eigenvalue weighted by Crippen LogP contribution is 2.30. The van der Waals surface area contributed by atoms with Crippen molar-refractivity contribution in [1.82, 2.24) is 10.2 Å². The van der Waals surface area contributed by atoms with Crippen molar-refractivity contribution in [3.05, 3.63) is 34.5 Å². The van der Waals surface area contributed by atoms with Crippen LogP contribution < -0.4 is 5.32 Å². The molecule has 0 aliphatic carbocycles. The number of rotatable bonds is 1. The third-order valence-corrected chi connectivity index (χ3v) is 5.01. The van der Waals surface area contributed by atoms with Gasteiger partial charge in [0, 0.05) is 31.6 Å². The number of hydrogen-bond donors (Lipinski definition) is 1. The van der Waals surface area contributed by atoms with Crippen molar-refractivity contribution in [3.8, 4) is 0 Å². The maximum atomic E-state index is 12.6. The van der Waals surface area contributed by atoms with Crippen LogP contribution in [0.2, 0.25) is 0 Å². The molecule has 2 aliphatic rings. The summed E-state index contributed by atoms with van der Waals surface area (Å²) >= 11 is 3.46. The van der Waals surface area contributed by atoms with Gasteiger partial charge in [0.25, 0.3) is 5.91 Å². The Hall–Kier alpha value is -1.33. The van der Waals surface area contributed by atoms with Gasteiger partial charge in [-0.2, -0.15) is 0 Å². The van der Waals surface area contributed by atoms with Crippen LogP contribution in [0.5, 0.6) is 0 Å². The lowest BCUT2D eigenvalue weighted by molar-refractivity contribution is 0.0752. The lowest BCUT2D eigenvalue weighted by atomic mass is 10.0. The summed E-state index contributed by atoms with van der Waals surface area (Å²) in [4.78, 5) is 14.5. The largest absolute Gasteiger partial charge is 0.450 e. The normalized spacial score (nSPS) is 25.4. The molecular formula is C15H15BrN2O2. The van der Waals surface area contributed by atoms with E-state index in [-0.39, 0.29) is 5.91 Å². The third kappa shape index (κ3) is 1.88. The lowest BCUT2D eigenvalue weighted by Gasteiger charge is -2.15. The molecule has 0 saturated carbocycles. The number of hydrogen-bond acceptors (Lipinski definition) is 3. The van der Waals surface area contributed by atoms with E-state index >= 15 is 0 Å². The molecule has 0 radical (unpaired) electrons. The van der Waals surface area contributed by atoms with E-state index < -0.39 is 0 Å². The van der Waals surface area contributed by atoms with E-state index in [4.69, 9.17) is 4.42 Å². The molecule has 2 atom stereocenters. The SMILES string of the molecule is O=C(c1cc2cccc(Br)c2o1)N1C[C@H]2CNC[C@H]2C1. The van der Waals surface area contributed by atoms with E-state index in [1.54, 1.807) is 0 Å². The zero-order valence-corrected chi connectivity index (χ0v) is 12.5. The van der Waals surface area contributed by atoms with Gasteiger partial charge in [-0.1, -0.05) is 12.1 Å². The Balaban J connectivity index is 1.63. The maximum absolute atomic E-state index is 12.6. The molecule has 104 valence electrons. The number of furan rings is 1. The Morgan fingerprint density at radius 2 is 2.05 bits per heavy atom. The van der Waals surface area contributed by atoms with Crippen molar-refractivity contribution in [1.29, 1.82) is 0 Å². The molecule has 20 heavy (non-hydrogen) atoms. The fourth-order valence-corrected chi connectivity index (χ4v) is 3.77. The van der Waals surface area contributed by atoms with Crippen molar-refractivity contribution in [3.63, 3.8) is 0 Å². The quantitative estimate of drug-likeness (QED) is 0.871. The van der Waals surface area contributed by atoms with Crippen molar-refractivity contribution in [2.24, 2.45) is 11.8 Å². The first kappa shape index (κ1) is 12.4. The van der Waals surface area contributed by atoms with Crippen LogP contribution in [0.15, 0.2) is 33.2 Å². The van der Waals surface area contributed by atoms with E-state index in [0.29, 0.717) is 17.6 Å². The fraction of sp³-hybridized carbons (Fsp3) is 0.400. The van der Waals surface area contributed by atoms with Crippen molar-refractivity contribution in [2.45, 2.75) is 0 Å². The number of nitrogens with one attached hydrogen (secondary N) is 1. The third-order valence-electron chi connectivity index (χ3n) is 4.38. The Kier molecular flexibility index (Phi) is 2.86. The van der Waals surface area contributed by atoms with E-state index in [1.165, 1.54) is 0 Å². The van der Waals surface area contributed by atoms with Crippen LogP contribution in [-0.4, -0.2) is 37.0 Å². The van der Waals surface area contributed by atoms with Crippen molar-refractivity contribution >= 4 is 32.8 Å². The van der Waals surface area contributed by atoms with Crippen LogP contribution in [0.1, 0.15) is 10.6 Å². The summed E-state index contributed by atoms with van der Waals surface area (Å²) in [7, 11) is 0. The summed E-state index contributed by atoms with van der Waals surface area (Å²) in [5.41, 5.74) is 0.747. The number of amides is 1. The van der Waals surface area contributed by atoms with Gasteiger partial charge in [0.2, 0.25) is 0 Å². The topological polar surface area (TPSA) is 45.5 Å². The Bertz CT molecular complexity index is 670. The van der Waals surface area contributed by atoms with Gasteiger partial charge in [-0.3, -0.25) is 4.79 Å². The number of carbonyl (C=O) groups is 1. The molecule has 2 aromatic rings. The fourth-order valence-electron chi connectivity index (χ4n) is 3.31. The summed E-state index contributed by atoms with van der Waals surface area (Å²) in [6.07, 6.45) is 0. The van der Waals surface area contributed by atoms with Crippen LogP contribution in [0.4, 0.5) is 0 Å². The molecule has 2 saturated heterocycles. The van der Waals surface area contributed by atoms with Gasteiger partial charge in [0.05, 0.1) is 4.47 Å². The van der Waals surface area contributed by atoms with Crippen LogP contribution in [0.3, 0.4) is 0 Å². The summed E-state index contributed by atoms with van der Waals surface area (Å²) < 4.78 is 6.63. The summed E-state index contributed by atoms with van der Waals surface area (Å²) in [6.45, 7) is 3.74. The van der Waals surface area contributed by atoms with Gasteiger partial charge < -0.3 is 14.6 Å². The molecule has 1 aromatic carbocycles. The molecular weight excluding hydrogens is 320 g/mol. The van der Waals surface area contributed by atoms with E-state index in [9.17, 15) is 4.79 Å². The van der Waals surface area contributed by atoms with Gasteiger partial charge in [-0.25, -0.2) is 0 Å². The molecule has 2 aliphatic heterocycles. The molecule has 4 rings (SSSR count). The minimum absolute atomic E-state index is 0.0162. The molecule has 0 bridgehead atoms. The Labute approximate surface area is 125 Å². The van der Waals surface area contributed by atoms with Crippen molar-refractivity contribution in [2.75, 3.05) is 26.2 Å². The van der Waals surface area contributed by atoms with Gasteiger partial charge in [-0.15, -0.1) is 0 Å². The number of likely N-dealkylation sites (tertiary alicyclic amines) is 1. The average Bonchev–Trinajstić information content (AvgIpc) is 3.11. The van der Waals surface area contributed by atoms with Crippen LogP contribution in [0.25, 0.3) is 11.0 Å². The van der Waals surface area contributed by atoms with Gasteiger partial charge in [-0.05, 0) is 39.9 Å². The minimum Gasteiger partial charge on any atom is -0.450 e. The molecule has 1 N–H and O–H groups in total. The molecule has 0 spiro atoms. The second-order valence-electron chi connectivity index (χ2n) is 5.66. The van der Waals surface area contributed by atoms with E-state index in [0.717, 1.165) is 41.6 Å². The molecule has 2 fully saturated rings. The first-order valence-electron chi connectivity index (χ1n) is 6.90. The highest BCUT2D eigenvalue weighted by atomic mass is 79.9. The summed E-state index contributed by atoms with van der Waals surface area (Å²) in [6, 6.07) is 7.67. The standard InChI is InChI=1S/C15H15BrN2O2/c16-12-3-1-2-9-4-13(20-14(9)12)15(19)18-7-10-5-17-6-11(10)8-18/h1-4,10-11,17H,5-8H2/t10-,11+. The van der Waals surface area contributed by atoms with E-state index in [2.05, 4.69) is 21.2 Å². The first-order valence-corrected chi connectivity index (χ1v) is 7.70. The average molecular weight is 335 g/mol. The summed E-state index contributed by atoms with van der Waals surface area (Å²) in [5, 5.41) is 4.35. The highest BCUT2D eigenvalue weighted by molar-refractivity contribution is 9.10. The zero-order chi connectivity index (χ0) is 13.7. The predicted octanol–water partition coefficient (Wildman–Crippen LogP) is 2.49. The second kappa shape index (κ2) is 4.60. The van der Waals surface area contributed by atoms with Crippen LogP contribution >= 0.6 is 15.9 Å².